The highest BCUT2D eigenvalue weighted by molar-refractivity contribution is 5.95. The van der Waals surface area contributed by atoms with Gasteiger partial charge in [0.2, 0.25) is 11.5 Å². The van der Waals surface area contributed by atoms with Crippen molar-refractivity contribution in [2.75, 3.05) is 25.9 Å². The molecule has 0 saturated carbocycles. The predicted molar refractivity (Wildman–Crippen MR) is 106 cm³/mol. The molecule has 0 aliphatic rings. The Morgan fingerprint density at radius 1 is 1.17 bits per heavy atom. The zero-order valence-electron chi connectivity index (χ0n) is 16.4. The summed E-state index contributed by atoms with van der Waals surface area (Å²) in [5.74, 6) is 0.258. The van der Waals surface area contributed by atoms with Gasteiger partial charge in [0.25, 0.3) is 5.91 Å². The molecule has 9 nitrogen and oxygen atoms in total. The van der Waals surface area contributed by atoms with Crippen LogP contribution in [0.1, 0.15) is 21.6 Å². The first kappa shape index (κ1) is 21.1. The van der Waals surface area contributed by atoms with Crippen molar-refractivity contribution in [1.82, 2.24) is 20.9 Å². The number of nitrogens with zero attached hydrogens (tertiary/aromatic N) is 2. The molecule has 1 amide bonds. The van der Waals surface area contributed by atoms with Crippen LogP contribution in [0.5, 0.6) is 11.5 Å². The van der Waals surface area contributed by atoms with Crippen molar-refractivity contribution in [3.05, 3.63) is 65.1 Å². The molecule has 0 fully saturated rings. The number of carbonyl (C=O) groups excluding carboxylic acids is 1. The molecule has 3 aromatic rings. The van der Waals surface area contributed by atoms with Gasteiger partial charge in [-0.1, -0.05) is 24.3 Å². The summed E-state index contributed by atoms with van der Waals surface area (Å²) in [6.07, 6.45) is 0. The molecule has 4 N–H and O–H groups in total. The van der Waals surface area contributed by atoms with Crippen LogP contribution in [0.25, 0.3) is 0 Å². The molecule has 1 aromatic heterocycles. The number of ether oxygens (including phenoxy) is 2. The van der Waals surface area contributed by atoms with Crippen molar-refractivity contribution in [3.8, 4) is 11.5 Å². The van der Waals surface area contributed by atoms with Crippen LogP contribution < -0.4 is 25.8 Å². The second kappa shape index (κ2) is 10.2. The van der Waals surface area contributed by atoms with Gasteiger partial charge in [-0.05, 0) is 34.1 Å². The number of nitrogen functional groups attached to an aromatic ring is 1. The monoisotopic (exact) mass is 415 g/mol. The number of rotatable bonds is 10. The average Bonchev–Trinajstić information content (AvgIpc) is 3.19. The summed E-state index contributed by atoms with van der Waals surface area (Å²) in [6.45, 7) is 1.54. The number of benzene rings is 2. The molecule has 158 valence electrons. The first-order valence-electron chi connectivity index (χ1n) is 9.18. The van der Waals surface area contributed by atoms with E-state index in [1.165, 1.54) is 6.07 Å². The second-order valence-corrected chi connectivity index (χ2v) is 6.30. The minimum Gasteiger partial charge on any atom is -0.493 e. The van der Waals surface area contributed by atoms with Crippen LogP contribution in [0.3, 0.4) is 0 Å². The third kappa shape index (κ3) is 5.45. The van der Waals surface area contributed by atoms with E-state index in [0.717, 1.165) is 5.56 Å². The average molecular weight is 415 g/mol. The molecule has 0 aliphatic heterocycles. The molecule has 10 heteroatoms. The number of hydrogen-bond acceptors (Lipinski definition) is 8. The standard InChI is InChI=1S/C20H22FN5O4/c1-28-17-10-13(6-7-16(17)29-12-14-4-2-3-5-15(14)21)11-23-8-9-24-20(27)18-19(22)26-30-25-18/h2-7,10,23H,8-9,11-12H2,1H3,(H2,22,26)(H,24,27). The van der Waals surface area contributed by atoms with Gasteiger partial charge < -0.3 is 25.8 Å². The molecule has 2 aromatic carbocycles. The lowest BCUT2D eigenvalue weighted by Gasteiger charge is -2.13. The van der Waals surface area contributed by atoms with E-state index >= 15 is 0 Å². The van der Waals surface area contributed by atoms with Crippen molar-refractivity contribution in [3.63, 3.8) is 0 Å². The van der Waals surface area contributed by atoms with Gasteiger partial charge in [-0.2, -0.15) is 0 Å². The topological polar surface area (TPSA) is 125 Å². The molecule has 0 atom stereocenters. The smallest absolute Gasteiger partial charge is 0.277 e. The molecular formula is C20H22FN5O4. The van der Waals surface area contributed by atoms with E-state index in [1.807, 2.05) is 12.1 Å². The number of nitrogens with two attached hydrogens (primary N) is 1. The second-order valence-electron chi connectivity index (χ2n) is 6.30. The number of amides is 1. The SMILES string of the molecule is COc1cc(CNCCNC(=O)c2nonc2N)ccc1OCc1ccccc1F. The van der Waals surface area contributed by atoms with Gasteiger partial charge in [-0.15, -0.1) is 0 Å². The molecule has 0 saturated heterocycles. The summed E-state index contributed by atoms with van der Waals surface area (Å²) in [5.41, 5.74) is 6.86. The highest BCUT2D eigenvalue weighted by Crippen LogP contribution is 2.29. The van der Waals surface area contributed by atoms with E-state index in [-0.39, 0.29) is 23.9 Å². The molecule has 0 bridgehead atoms. The Bertz CT molecular complexity index is 995. The zero-order valence-corrected chi connectivity index (χ0v) is 16.4. The molecule has 0 spiro atoms. The fourth-order valence-electron chi connectivity index (χ4n) is 2.65. The number of carbonyl (C=O) groups is 1. The summed E-state index contributed by atoms with van der Waals surface area (Å²) in [7, 11) is 1.54. The number of methoxy groups -OCH3 is 1. The van der Waals surface area contributed by atoms with Gasteiger partial charge in [-0.3, -0.25) is 4.79 Å². The Morgan fingerprint density at radius 2 is 2.00 bits per heavy atom. The lowest BCUT2D eigenvalue weighted by Crippen LogP contribution is -2.32. The molecule has 30 heavy (non-hydrogen) atoms. The summed E-state index contributed by atoms with van der Waals surface area (Å²) in [5, 5.41) is 12.7. The maximum Gasteiger partial charge on any atom is 0.277 e. The van der Waals surface area contributed by atoms with Crippen LogP contribution in [0.4, 0.5) is 10.2 Å². The summed E-state index contributed by atoms with van der Waals surface area (Å²) < 4.78 is 29.2. The summed E-state index contributed by atoms with van der Waals surface area (Å²) in [6, 6.07) is 12.0. The van der Waals surface area contributed by atoms with Gasteiger partial charge in [0.1, 0.15) is 12.4 Å². The van der Waals surface area contributed by atoms with Crippen molar-refractivity contribution >= 4 is 11.7 Å². The first-order valence-corrected chi connectivity index (χ1v) is 9.18. The van der Waals surface area contributed by atoms with E-state index in [1.54, 1.807) is 31.4 Å². The van der Waals surface area contributed by atoms with Crippen LogP contribution in [0.2, 0.25) is 0 Å². The fraction of sp³-hybridized carbons (Fsp3) is 0.250. The predicted octanol–water partition coefficient (Wildman–Crippen LogP) is 1.90. The van der Waals surface area contributed by atoms with Crippen molar-refractivity contribution < 1.29 is 23.3 Å². The Labute approximate surface area is 172 Å². The Hall–Kier alpha value is -3.66. The minimum absolute atomic E-state index is 0.0364. The lowest BCUT2D eigenvalue weighted by molar-refractivity contribution is 0.0944. The Morgan fingerprint density at radius 3 is 2.73 bits per heavy atom. The molecule has 3 rings (SSSR count). The van der Waals surface area contributed by atoms with Gasteiger partial charge in [0, 0.05) is 25.2 Å². The number of nitrogens with one attached hydrogen (secondary N) is 2. The van der Waals surface area contributed by atoms with Crippen LogP contribution in [-0.2, 0) is 13.2 Å². The van der Waals surface area contributed by atoms with Gasteiger partial charge in [0.05, 0.1) is 7.11 Å². The van der Waals surface area contributed by atoms with E-state index < -0.39 is 5.91 Å². The Balaban J connectivity index is 1.46. The van der Waals surface area contributed by atoms with Crippen LogP contribution >= 0.6 is 0 Å². The number of hydrogen-bond donors (Lipinski definition) is 3. The first-order chi connectivity index (χ1) is 14.6. The van der Waals surface area contributed by atoms with Gasteiger partial charge in [0.15, 0.2) is 11.5 Å². The van der Waals surface area contributed by atoms with E-state index in [0.29, 0.717) is 36.7 Å². The highest BCUT2D eigenvalue weighted by Gasteiger charge is 2.15. The fourth-order valence-corrected chi connectivity index (χ4v) is 2.65. The largest absolute Gasteiger partial charge is 0.493 e. The third-order valence-corrected chi connectivity index (χ3v) is 4.21. The molecule has 0 radical (unpaired) electrons. The van der Waals surface area contributed by atoms with E-state index in [9.17, 15) is 9.18 Å². The summed E-state index contributed by atoms with van der Waals surface area (Å²) in [4.78, 5) is 11.8. The molecule has 0 aliphatic carbocycles. The molecular weight excluding hydrogens is 393 g/mol. The van der Waals surface area contributed by atoms with Crippen LogP contribution in [0, 0.1) is 5.82 Å². The maximum atomic E-state index is 13.7. The Kier molecular flexibility index (Phi) is 7.17. The highest BCUT2D eigenvalue weighted by atomic mass is 19.1. The van der Waals surface area contributed by atoms with Crippen molar-refractivity contribution in [1.29, 1.82) is 0 Å². The third-order valence-electron chi connectivity index (χ3n) is 4.21. The number of aromatic nitrogens is 2. The maximum absolute atomic E-state index is 13.7. The quantitative estimate of drug-likeness (QED) is 0.429. The van der Waals surface area contributed by atoms with Crippen LogP contribution in [0.15, 0.2) is 47.1 Å². The van der Waals surface area contributed by atoms with Gasteiger partial charge >= 0.3 is 0 Å². The van der Waals surface area contributed by atoms with Gasteiger partial charge in [-0.25, -0.2) is 9.02 Å². The van der Waals surface area contributed by atoms with Crippen molar-refractivity contribution in [2.45, 2.75) is 13.2 Å². The normalized spacial score (nSPS) is 10.6. The number of anilines is 1. The lowest BCUT2D eigenvalue weighted by atomic mass is 10.2. The summed E-state index contributed by atoms with van der Waals surface area (Å²) >= 11 is 0. The van der Waals surface area contributed by atoms with E-state index in [4.69, 9.17) is 15.2 Å². The molecule has 0 unspecified atom stereocenters. The number of halogens is 1. The van der Waals surface area contributed by atoms with Crippen molar-refractivity contribution in [2.24, 2.45) is 0 Å². The molecule has 1 heterocycles. The minimum atomic E-state index is -0.450. The van der Waals surface area contributed by atoms with Crippen LogP contribution in [-0.4, -0.2) is 36.4 Å². The van der Waals surface area contributed by atoms with E-state index in [2.05, 4.69) is 25.6 Å². The zero-order chi connectivity index (χ0) is 21.3.